The molecule has 1 saturated carbocycles. The van der Waals surface area contributed by atoms with Gasteiger partial charge in [0.15, 0.2) is 0 Å². The van der Waals surface area contributed by atoms with Crippen molar-refractivity contribution in [3.05, 3.63) is 21.3 Å². The highest BCUT2D eigenvalue weighted by molar-refractivity contribution is 7.17. The standard InChI is InChI=1S/C14H17ClN2OS/c15-12-2-1-11(19-12)14(18)16-13-9-3-8-4-10(13)7-17(5-8)6-9/h1-2,8-10,13H,3-7H2,(H,16,18)/t8?,9-,10+,13?. The van der Waals surface area contributed by atoms with E-state index in [1.54, 1.807) is 6.07 Å². The Kier molecular flexibility index (Phi) is 2.87. The van der Waals surface area contributed by atoms with Crippen LogP contribution in [0.2, 0.25) is 4.34 Å². The van der Waals surface area contributed by atoms with Crippen LogP contribution in [-0.2, 0) is 0 Å². The lowest BCUT2D eigenvalue weighted by molar-refractivity contribution is -0.0418. The van der Waals surface area contributed by atoms with Crippen molar-refractivity contribution in [2.75, 3.05) is 19.6 Å². The van der Waals surface area contributed by atoms with Gasteiger partial charge in [-0.3, -0.25) is 4.79 Å². The van der Waals surface area contributed by atoms with Crippen LogP contribution in [0.15, 0.2) is 12.1 Å². The Balaban J connectivity index is 1.49. The summed E-state index contributed by atoms with van der Waals surface area (Å²) in [6.07, 6.45) is 2.59. The molecule has 1 amide bonds. The predicted molar refractivity (Wildman–Crippen MR) is 76.7 cm³/mol. The molecular weight excluding hydrogens is 280 g/mol. The summed E-state index contributed by atoms with van der Waals surface area (Å²) >= 11 is 7.26. The Morgan fingerprint density at radius 3 is 2.58 bits per heavy atom. The van der Waals surface area contributed by atoms with Crippen LogP contribution in [0.4, 0.5) is 0 Å². The number of nitrogens with one attached hydrogen (secondary N) is 1. The minimum absolute atomic E-state index is 0.0596. The highest BCUT2D eigenvalue weighted by atomic mass is 35.5. The van der Waals surface area contributed by atoms with E-state index in [1.165, 1.54) is 43.8 Å². The largest absolute Gasteiger partial charge is 0.348 e. The highest BCUT2D eigenvalue weighted by Crippen LogP contribution is 2.43. The molecule has 1 aromatic heterocycles. The van der Waals surface area contributed by atoms with Crippen molar-refractivity contribution in [1.82, 2.24) is 10.2 Å². The summed E-state index contributed by atoms with van der Waals surface area (Å²) in [5, 5.41) is 3.28. The van der Waals surface area contributed by atoms with E-state index in [0.717, 1.165) is 10.8 Å². The van der Waals surface area contributed by atoms with E-state index in [-0.39, 0.29) is 5.91 Å². The molecule has 1 N–H and O–H groups in total. The van der Waals surface area contributed by atoms with E-state index < -0.39 is 0 Å². The van der Waals surface area contributed by atoms with Crippen molar-refractivity contribution in [3.63, 3.8) is 0 Å². The second kappa shape index (κ2) is 4.47. The third-order valence-electron chi connectivity index (χ3n) is 4.88. The lowest BCUT2D eigenvalue weighted by Gasteiger charge is -2.55. The molecule has 3 unspecified atom stereocenters. The van der Waals surface area contributed by atoms with Gasteiger partial charge in [0.25, 0.3) is 5.91 Å². The Bertz CT molecular complexity index is 487. The summed E-state index contributed by atoms with van der Waals surface area (Å²) in [5.41, 5.74) is 0. The smallest absolute Gasteiger partial charge is 0.261 e. The lowest BCUT2D eigenvalue weighted by Crippen LogP contribution is -2.64. The predicted octanol–water partition coefficient (Wildman–Crippen LogP) is 2.47. The number of carbonyl (C=O) groups excluding carboxylic acids is 1. The number of piperidine rings is 3. The number of amides is 1. The van der Waals surface area contributed by atoms with Crippen LogP contribution in [0.3, 0.4) is 0 Å². The van der Waals surface area contributed by atoms with Gasteiger partial charge in [-0.15, -0.1) is 11.3 Å². The number of carbonyl (C=O) groups is 1. The van der Waals surface area contributed by atoms with Gasteiger partial charge in [-0.1, -0.05) is 11.6 Å². The van der Waals surface area contributed by atoms with E-state index in [1.807, 2.05) is 6.07 Å². The summed E-state index contributed by atoms with van der Waals surface area (Å²) in [6.45, 7) is 3.63. The maximum atomic E-state index is 12.3. The molecule has 3 saturated heterocycles. The highest BCUT2D eigenvalue weighted by Gasteiger charge is 2.47. The molecule has 0 aromatic carbocycles. The summed E-state index contributed by atoms with van der Waals surface area (Å²) in [6, 6.07) is 3.99. The first kappa shape index (κ1) is 12.2. The number of hydrogen-bond donors (Lipinski definition) is 1. The molecule has 4 heterocycles. The molecule has 4 aliphatic rings. The number of halogens is 1. The van der Waals surface area contributed by atoms with Crippen LogP contribution in [0.1, 0.15) is 22.5 Å². The topological polar surface area (TPSA) is 32.3 Å². The minimum atomic E-state index is 0.0596. The van der Waals surface area contributed by atoms with Gasteiger partial charge in [0.1, 0.15) is 0 Å². The van der Waals surface area contributed by atoms with Crippen LogP contribution in [-0.4, -0.2) is 36.5 Å². The van der Waals surface area contributed by atoms with Gasteiger partial charge in [-0.2, -0.15) is 0 Å². The molecule has 5 rings (SSSR count). The SMILES string of the molecule is O=C(NC1[C@@H]2CC3C[C@H]1CN(C3)C2)c1ccc(Cl)s1. The van der Waals surface area contributed by atoms with Gasteiger partial charge in [0.05, 0.1) is 9.21 Å². The molecule has 5 heteroatoms. The van der Waals surface area contributed by atoms with Crippen LogP contribution < -0.4 is 5.32 Å². The van der Waals surface area contributed by atoms with Crippen molar-refractivity contribution in [2.45, 2.75) is 18.9 Å². The van der Waals surface area contributed by atoms with Crippen molar-refractivity contribution in [2.24, 2.45) is 17.8 Å². The average Bonchev–Trinajstić information content (AvgIpc) is 2.79. The zero-order chi connectivity index (χ0) is 13.0. The number of rotatable bonds is 2. The van der Waals surface area contributed by atoms with Crippen LogP contribution in [0, 0.1) is 17.8 Å². The molecule has 3 nitrogen and oxygen atoms in total. The first-order valence-corrected chi connectivity index (χ1v) is 8.17. The van der Waals surface area contributed by atoms with Crippen molar-refractivity contribution in [3.8, 4) is 0 Å². The van der Waals surface area contributed by atoms with E-state index in [4.69, 9.17) is 11.6 Å². The van der Waals surface area contributed by atoms with Crippen LogP contribution >= 0.6 is 22.9 Å². The summed E-state index contributed by atoms with van der Waals surface area (Å²) in [7, 11) is 0. The molecule has 102 valence electrons. The van der Waals surface area contributed by atoms with Gasteiger partial charge in [-0.05, 0) is 42.7 Å². The zero-order valence-corrected chi connectivity index (χ0v) is 12.2. The second-order valence-electron chi connectivity index (χ2n) is 6.18. The van der Waals surface area contributed by atoms with Crippen molar-refractivity contribution in [1.29, 1.82) is 0 Å². The third-order valence-corrected chi connectivity index (χ3v) is 6.11. The van der Waals surface area contributed by atoms with E-state index in [2.05, 4.69) is 10.2 Å². The van der Waals surface area contributed by atoms with Crippen molar-refractivity contribution >= 4 is 28.8 Å². The average molecular weight is 297 g/mol. The van der Waals surface area contributed by atoms with E-state index >= 15 is 0 Å². The molecule has 0 spiro atoms. The van der Waals surface area contributed by atoms with Crippen molar-refractivity contribution < 1.29 is 4.79 Å². The first-order chi connectivity index (χ1) is 9.19. The zero-order valence-electron chi connectivity index (χ0n) is 10.6. The molecule has 5 atom stereocenters. The van der Waals surface area contributed by atoms with Gasteiger partial charge < -0.3 is 10.2 Å². The van der Waals surface area contributed by atoms with Crippen LogP contribution in [0.5, 0.6) is 0 Å². The molecule has 1 aromatic rings. The normalized spacial score (nSPS) is 39.5. The summed E-state index contributed by atoms with van der Waals surface area (Å²) in [5.74, 6) is 2.25. The maximum absolute atomic E-state index is 12.3. The van der Waals surface area contributed by atoms with Gasteiger partial charge in [0.2, 0.25) is 0 Å². The van der Waals surface area contributed by atoms with Crippen LogP contribution in [0.25, 0.3) is 0 Å². The Hall–Kier alpha value is -0.580. The van der Waals surface area contributed by atoms with E-state index in [0.29, 0.717) is 22.2 Å². The number of hydrogen-bond acceptors (Lipinski definition) is 3. The fourth-order valence-corrected chi connectivity index (χ4v) is 5.25. The van der Waals surface area contributed by atoms with Gasteiger partial charge in [-0.25, -0.2) is 0 Å². The maximum Gasteiger partial charge on any atom is 0.261 e. The molecule has 3 aliphatic heterocycles. The Labute approximate surface area is 121 Å². The summed E-state index contributed by atoms with van der Waals surface area (Å²) in [4.78, 5) is 15.6. The lowest BCUT2D eigenvalue weighted by atomic mass is 9.65. The third kappa shape index (κ3) is 2.10. The molecule has 4 bridgehead atoms. The first-order valence-electron chi connectivity index (χ1n) is 6.97. The second-order valence-corrected chi connectivity index (χ2v) is 7.89. The molecule has 19 heavy (non-hydrogen) atoms. The quantitative estimate of drug-likeness (QED) is 0.909. The molecule has 4 fully saturated rings. The fraction of sp³-hybridized carbons (Fsp3) is 0.643. The monoisotopic (exact) mass is 296 g/mol. The molecule has 0 radical (unpaired) electrons. The van der Waals surface area contributed by atoms with Gasteiger partial charge in [0, 0.05) is 25.7 Å². The fourth-order valence-electron chi connectivity index (χ4n) is 4.30. The molecule has 1 aliphatic carbocycles. The Morgan fingerprint density at radius 2 is 2.00 bits per heavy atom. The number of nitrogens with zero attached hydrogens (tertiary/aromatic N) is 1. The summed E-state index contributed by atoms with van der Waals surface area (Å²) < 4.78 is 0.682. The number of thiophene rings is 1. The van der Waals surface area contributed by atoms with Gasteiger partial charge >= 0.3 is 0 Å². The Morgan fingerprint density at radius 1 is 1.26 bits per heavy atom. The molecular formula is C14H17ClN2OS. The van der Waals surface area contributed by atoms with E-state index in [9.17, 15) is 4.79 Å². The minimum Gasteiger partial charge on any atom is -0.348 e.